The Bertz CT molecular complexity index is 1210. The number of hydrogen-bond donors (Lipinski definition) is 0. The van der Waals surface area contributed by atoms with E-state index in [0.29, 0.717) is 37.5 Å². The molecule has 0 N–H and O–H groups in total. The number of nitrogens with zero attached hydrogens (tertiary/aromatic N) is 1. The van der Waals surface area contributed by atoms with Gasteiger partial charge in [0.15, 0.2) is 6.29 Å². The Hall–Kier alpha value is -3.35. The normalized spacial score (nSPS) is 18.2. The Morgan fingerprint density at radius 3 is 1.52 bits per heavy atom. The van der Waals surface area contributed by atoms with Crippen LogP contribution in [0.2, 0.25) is 0 Å². The van der Waals surface area contributed by atoms with Crippen molar-refractivity contribution >= 4 is 0 Å². The molecule has 1 heterocycles. The summed E-state index contributed by atoms with van der Waals surface area (Å²) in [4.78, 5) is 0. The minimum absolute atomic E-state index is 0.0711. The minimum atomic E-state index is -1.30. The second-order valence-corrected chi connectivity index (χ2v) is 7.70. The van der Waals surface area contributed by atoms with E-state index >= 15 is 0 Å². The molecule has 9 heteroatoms. The Balaban J connectivity index is 1.74. The van der Waals surface area contributed by atoms with Crippen LogP contribution in [0.1, 0.15) is 24.3 Å². The molecule has 3 nitrogen and oxygen atoms in total. The van der Waals surface area contributed by atoms with Crippen LogP contribution in [0.3, 0.4) is 0 Å². The fraction of sp³-hybridized carbons (Fsp3) is 0.208. The molecule has 0 atom stereocenters. The first kappa shape index (κ1) is 22.8. The van der Waals surface area contributed by atoms with E-state index in [1.807, 2.05) is 6.92 Å². The van der Waals surface area contributed by atoms with Crippen molar-refractivity contribution in [2.45, 2.75) is 13.2 Å². The van der Waals surface area contributed by atoms with Crippen LogP contribution < -0.4 is 0 Å². The summed E-state index contributed by atoms with van der Waals surface area (Å²) in [5.41, 5.74) is -3.30. The molecule has 170 valence electrons. The maximum absolute atomic E-state index is 14.8. The SMILES string of the molecule is CC1COC(c2cc(F)c(-c3cc(F)c(-c4cc(F)c(C#N)c(F)c4)c(F)c3)c(F)c2)OC1. The van der Waals surface area contributed by atoms with E-state index in [1.165, 1.54) is 6.07 Å². The van der Waals surface area contributed by atoms with Crippen molar-refractivity contribution < 1.29 is 35.8 Å². The molecule has 1 aliphatic rings. The number of hydrogen-bond acceptors (Lipinski definition) is 3. The average Bonchev–Trinajstić information content (AvgIpc) is 2.73. The van der Waals surface area contributed by atoms with Crippen LogP contribution >= 0.6 is 0 Å². The molecule has 1 aliphatic heterocycles. The maximum Gasteiger partial charge on any atom is 0.184 e. The van der Waals surface area contributed by atoms with Gasteiger partial charge >= 0.3 is 0 Å². The van der Waals surface area contributed by atoms with Gasteiger partial charge in [0.05, 0.1) is 24.3 Å². The van der Waals surface area contributed by atoms with E-state index in [2.05, 4.69) is 0 Å². The zero-order valence-electron chi connectivity index (χ0n) is 17.1. The Kier molecular flexibility index (Phi) is 6.15. The molecule has 0 unspecified atom stereocenters. The van der Waals surface area contributed by atoms with Gasteiger partial charge in [-0.3, -0.25) is 0 Å². The number of nitriles is 1. The molecular formula is C24H15F6NO2. The van der Waals surface area contributed by atoms with Crippen molar-refractivity contribution in [3.8, 4) is 28.3 Å². The second-order valence-electron chi connectivity index (χ2n) is 7.70. The van der Waals surface area contributed by atoms with Crippen molar-refractivity contribution in [1.82, 2.24) is 0 Å². The summed E-state index contributed by atoms with van der Waals surface area (Å²) in [5.74, 6) is -7.28. The van der Waals surface area contributed by atoms with Gasteiger partial charge in [-0.1, -0.05) is 6.92 Å². The van der Waals surface area contributed by atoms with Crippen molar-refractivity contribution in [3.05, 3.63) is 82.4 Å². The van der Waals surface area contributed by atoms with E-state index in [9.17, 15) is 26.3 Å². The van der Waals surface area contributed by atoms with E-state index in [4.69, 9.17) is 14.7 Å². The van der Waals surface area contributed by atoms with Crippen LogP contribution in [0.4, 0.5) is 26.3 Å². The second kappa shape index (κ2) is 8.89. The number of ether oxygens (including phenoxy) is 2. The van der Waals surface area contributed by atoms with Crippen molar-refractivity contribution in [2.75, 3.05) is 13.2 Å². The highest BCUT2D eigenvalue weighted by Gasteiger charge is 2.25. The minimum Gasteiger partial charge on any atom is -0.348 e. The Morgan fingerprint density at radius 1 is 0.697 bits per heavy atom. The molecule has 0 bridgehead atoms. The summed E-state index contributed by atoms with van der Waals surface area (Å²) in [7, 11) is 0. The van der Waals surface area contributed by atoms with Gasteiger partial charge < -0.3 is 9.47 Å². The zero-order chi connectivity index (χ0) is 23.9. The van der Waals surface area contributed by atoms with Gasteiger partial charge in [-0.25, -0.2) is 26.3 Å². The lowest BCUT2D eigenvalue weighted by Crippen LogP contribution is -2.25. The first-order chi connectivity index (χ1) is 15.7. The zero-order valence-corrected chi connectivity index (χ0v) is 17.1. The Morgan fingerprint density at radius 2 is 1.09 bits per heavy atom. The first-order valence-corrected chi connectivity index (χ1v) is 9.80. The molecule has 0 spiro atoms. The molecule has 0 radical (unpaired) electrons. The molecule has 4 rings (SSSR count). The highest BCUT2D eigenvalue weighted by atomic mass is 19.2. The molecule has 0 aliphatic carbocycles. The molecule has 3 aromatic rings. The topological polar surface area (TPSA) is 42.2 Å². The van der Waals surface area contributed by atoms with E-state index in [-0.39, 0.29) is 11.5 Å². The van der Waals surface area contributed by atoms with Gasteiger partial charge in [-0.05, 0) is 47.5 Å². The van der Waals surface area contributed by atoms with Gasteiger partial charge in [-0.2, -0.15) is 5.26 Å². The number of rotatable bonds is 3. The maximum atomic E-state index is 14.8. The molecule has 3 aromatic carbocycles. The summed E-state index contributed by atoms with van der Waals surface area (Å²) in [5, 5.41) is 8.73. The summed E-state index contributed by atoms with van der Waals surface area (Å²) in [6.45, 7) is 2.56. The lowest BCUT2D eigenvalue weighted by atomic mass is 9.96. The lowest BCUT2D eigenvalue weighted by Gasteiger charge is -2.27. The highest BCUT2D eigenvalue weighted by molar-refractivity contribution is 5.73. The molecule has 0 aromatic heterocycles. The van der Waals surface area contributed by atoms with Crippen molar-refractivity contribution in [2.24, 2.45) is 5.92 Å². The monoisotopic (exact) mass is 463 g/mol. The molecule has 33 heavy (non-hydrogen) atoms. The summed E-state index contributed by atoms with van der Waals surface area (Å²) >= 11 is 0. The van der Waals surface area contributed by atoms with Crippen LogP contribution in [0.25, 0.3) is 22.3 Å². The van der Waals surface area contributed by atoms with Crippen molar-refractivity contribution in [3.63, 3.8) is 0 Å². The molecular weight excluding hydrogens is 448 g/mol. The van der Waals surface area contributed by atoms with Crippen LogP contribution in [0, 0.1) is 52.2 Å². The fourth-order valence-corrected chi connectivity index (χ4v) is 3.61. The van der Waals surface area contributed by atoms with E-state index < -0.39 is 69.0 Å². The van der Waals surface area contributed by atoms with Gasteiger partial charge in [-0.15, -0.1) is 0 Å². The first-order valence-electron chi connectivity index (χ1n) is 9.80. The van der Waals surface area contributed by atoms with Gasteiger partial charge in [0, 0.05) is 11.5 Å². The standard InChI is InChI=1S/C24H15F6NO2/c1-11-9-32-24(33-10-11)14-6-20(29)23(21(30)7-14)13-4-18(27)22(19(28)5-13)12-2-16(25)15(8-31)17(26)3-12/h2-7,11,24H,9-10H2,1H3. The third kappa shape index (κ3) is 4.32. The quantitative estimate of drug-likeness (QED) is 0.422. The van der Waals surface area contributed by atoms with Crippen LogP contribution in [-0.4, -0.2) is 13.2 Å². The van der Waals surface area contributed by atoms with Crippen LogP contribution in [-0.2, 0) is 9.47 Å². The summed E-state index contributed by atoms with van der Waals surface area (Å²) in [6, 6.07) is 5.72. The van der Waals surface area contributed by atoms with Crippen LogP contribution in [0.15, 0.2) is 36.4 Å². The Labute approximate surface area is 184 Å². The van der Waals surface area contributed by atoms with Gasteiger partial charge in [0.25, 0.3) is 0 Å². The fourth-order valence-electron chi connectivity index (χ4n) is 3.61. The molecule has 1 saturated heterocycles. The van der Waals surface area contributed by atoms with Gasteiger partial charge in [0.1, 0.15) is 46.5 Å². The van der Waals surface area contributed by atoms with E-state index in [1.54, 1.807) is 0 Å². The largest absolute Gasteiger partial charge is 0.348 e. The number of halogens is 6. The summed E-state index contributed by atoms with van der Waals surface area (Å²) in [6.07, 6.45) is -0.976. The van der Waals surface area contributed by atoms with Gasteiger partial charge in [0.2, 0.25) is 0 Å². The lowest BCUT2D eigenvalue weighted by molar-refractivity contribution is -0.202. The predicted molar refractivity (Wildman–Crippen MR) is 106 cm³/mol. The molecule has 1 fully saturated rings. The molecule has 0 saturated carbocycles. The van der Waals surface area contributed by atoms with Crippen molar-refractivity contribution in [1.29, 1.82) is 5.26 Å². The van der Waals surface area contributed by atoms with E-state index in [0.717, 1.165) is 12.1 Å². The third-order valence-electron chi connectivity index (χ3n) is 5.17. The third-order valence-corrected chi connectivity index (χ3v) is 5.17. The average molecular weight is 463 g/mol. The van der Waals surface area contributed by atoms with Crippen LogP contribution in [0.5, 0.6) is 0 Å². The predicted octanol–water partition coefficient (Wildman–Crippen LogP) is 6.41. The highest BCUT2D eigenvalue weighted by Crippen LogP contribution is 2.36. The smallest absolute Gasteiger partial charge is 0.184 e. The number of benzene rings is 3. The molecule has 0 amide bonds. The summed E-state index contributed by atoms with van der Waals surface area (Å²) < 4.78 is 97.7.